The molecule has 2 saturated heterocycles. The molecule has 22 heavy (non-hydrogen) atoms. The zero-order chi connectivity index (χ0) is 15.7. The van der Waals surface area contributed by atoms with Gasteiger partial charge < -0.3 is 14.5 Å². The topological polar surface area (TPSA) is 62.7 Å². The van der Waals surface area contributed by atoms with E-state index in [-0.39, 0.29) is 29.9 Å². The summed E-state index contributed by atoms with van der Waals surface area (Å²) in [6.07, 6.45) is 2.49. The lowest BCUT2D eigenvalue weighted by Gasteiger charge is -2.34. The first kappa shape index (κ1) is 15.4. The second-order valence-electron chi connectivity index (χ2n) is 6.45. The number of carbonyl (C=O) groups excluding carboxylic acids is 2. The van der Waals surface area contributed by atoms with E-state index < -0.39 is 0 Å². The van der Waals surface area contributed by atoms with Crippen LogP contribution in [-0.4, -0.2) is 65.5 Å². The Morgan fingerprint density at radius 2 is 2.27 bits per heavy atom. The number of carbonyl (C=O) groups is 2. The molecule has 1 aromatic heterocycles. The molecule has 120 valence electrons. The summed E-state index contributed by atoms with van der Waals surface area (Å²) in [5, 5.41) is 0. The predicted octanol–water partition coefficient (Wildman–Crippen LogP) is 1.24. The fourth-order valence-corrected chi connectivity index (χ4v) is 3.82. The van der Waals surface area contributed by atoms with Crippen molar-refractivity contribution in [3.63, 3.8) is 0 Å². The molecule has 1 atom stereocenters. The van der Waals surface area contributed by atoms with Crippen molar-refractivity contribution in [1.82, 2.24) is 14.8 Å². The fourth-order valence-electron chi connectivity index (χ4n) is 3.24. The first-order valence-corrected chi connectivity index (χ1v) is 8.44. The van der Waals surface area contributed by atoms with Crippen LogP contribution in [0, 0.1) is 5.41 Å². The van der Waals surface area contributed by atoms with E-state index in [4.69, 9.17) is 4.74 Å². The number of rotatable bonds is 2. The van der Waals surface area contributed by atoms with Crippen LogP contribution in [0.5, 0.6) is 0 Å². The largest absolute Gasteiger partial charge is 0.371 e. The van der Waals surface area contributed by atoms with Crippen LogP contribution in [0.15, 0.2) is 11.7 Å². The Morgan fingerprint density at radius 1 is 1.45 bits per heavy atom. The highest BCUT2D eigenvalue weighted by Crippen LogP contribution is 2.35. The molecule has 0 N–H and O–H groups in total. The van der Waals surface area contributed by atoms with Crippen LogP contribution in [0.1, 0.15) is 29.9 Å². The molecule has 2 amide bonds. The van der Waals surface area contributed by atoms with E-state index in [0.29, 0.717) is 31.1 Å². The maximum absolute atomic E-state index is 12.5. The lowest BCUT2D eigenvalue weighted by Crippen LogP contribution is -2.46. The number of hydrogen-bond donors (Lipinski definition) is 0. The number of hydrogen-bond acceptors (Lipinski definition) is 5. The van der Waals surface area contributed by atoms with E-state index in [9.17, 15) is 9.59 Å². The number of thiazole rings is 1. The molecule has 0 bridgehead atoms. The molecular formula is C15H21N3O3S. The quantitative estimate of drug-likeness (QED) is 0.821. The molecule has 0 aliphatic carbocycles. The Morgan fingerprint density at radius 3 is 2.95 bits per heavy atom. The zero-order valence-corrected chi connectivity index (χ0v) is 13.8. The highest BCUT2D eigenvalue weighted by molar-refractivity contribution is 7.11. The molecule has 3 heterocycles. The second-order valence-corrected chi connectivity index (χ2v) is 7.34. The maximum Gasteiger partial charge on any atom is 0.265 e. The number of amides is 2. The third-order valence-corrected chi connectivity index (χ3v) is 5.21. The lowest BCUT2D eigenvalue weighted by molar-refractivity contribution is -0.135. The summed E-state index contributed by atoms with van der Waals surface area (Å²) in [6.45, 7) is 6.73. The molecule has 6 nitrogen and oxygen atoms in total. The van der Waals surface area contributed by atoms with Crippen molar-refractivity contribution in [1.29, 1.82) is 0 Å². The minimum Gasteiger partial charge on any atom is -0.371 e. The van der Waals surface area contributed by atoms with Crippen molar-refractivity contribution in [2.45, 2.75) is 26.3 Å². The van der Waals surface area contributed by atoms with Gasteiger partial charge >= 0.3 is 0 Å². The van der Waals surface area contributed by atoms with Crippen molar-refractivity contribution in [3.8, 4) is 0 Å². The van der Waals surface area contributed by atoms with Gasteiger partial charge in [0.15, 0.2) is 0 Å². The zero-order valence-electron chi connectivity index (χ0n) is 12.9. The molecule has 1 unspecified atom stereocenters. The number of ether oxygens (including phenoxy) is 1. The van der Waals surface area contributed by atoms with Crippen molar-refractivity contribution in [3.05, 3.63) is 16.6 Å². The molecule has 0 radical (unpaired) electrons. The van der Waals surface area contributed by atoms with Gasteiger partial charge in [0, 0.05) is 31.1 Å². The minimum atomic E-state index is -0.142. The Bertz CT molecular complexity index is 560. The monoisotopic (exact) mass is 323 g/mol. The van der Waals surface area contributed by atoms with Crippen molar-refractivity contribution in [2.24, 2.45) is 5.41 Å². The average molecular weight is 323 g/mol. The summed E-state index contributed by atoms with van der Waals surface area (Å²) in [5.41, 5.74) is 1.53. The van der Waals surface area contributed by atoms with Gasteiger partial charge in [-0.15, -0.1) is 11.3 Å². The van der Waals surface area contributed by atoms with Gasteiger partial charge in [0.1, 0.15) is 11.5 Å². The van der Waals surface area contributed by atoms with Gasteiger partial charge in [-0.05, 0) is 20.3 Å². The second kappa shape index (κ2) is 5.96. The summed E-state index contributed by atoms with van der Waals surface area (Å²) in [5.74, 6) is 0.0742. The molecular weight excluding hydrogens is 302 g/mol. The van der Waals surface area contributed by atoms with Gasteiger partial charge in [0.05, 0.1) is 18.3 Å². The molecule has 0 aromatic carbocycles. The third-order valence-electron chi connectivity index (χ3n) is 4.45. The highest BCUT2D eigenvalue weighted by atomic mass is 32.1. The Hall–Kier alpha value is -1.47. The first-order valence-electron chi connectivity index (χ1n) is 7.56. The van der Waals surface area contributed by atoms with Crippen molar-refractivity contribution in [2.75, 3.05) is 32.8 Å². The van der Waals surface area contributed by atoms with Crippen LogP contribution < -0.4 is 0 Å². The molecule has 0 saturated carbocycles. The summed E-state index contributed by atoms with van der Waals surface area (Å²) in [7, 11) is 0. The molecule has 3 rings (SSSR count). The molecule has 2 fully saturated rings. The van der Waals surface area contributed by atoms with Gasteiger partial charge in [0.25, 0.3) is 5.91 Å². The van der Waals surface area contributed by atoms with Crippen LogP contribution in [-0.2, 0) is 9.53 Å². The molecule has 1 spiro atoms. The van der Waals surface area contributed by atoms with E-state index >= 15 is 0 Å². The van der Waals surface area contributed by atoms with Gasteiger partial charge in [0.2, 0.25) is 5.91 Å². The predicted molar refractivity (Wildman–Crippen MR) is 82.7 cm³/mol. The Labute approximate surface area is 134 Å². The molecule has 1 aromatic rings. The average Bonchev–Trinajstić information content (AvgIpc) is 3.10. The Balaban J connectivity index is 1.74. The van der Waals surface area contributed by atoms with Crippen molar-refractivity contribution < 1.29 is 14.3 Å². The van der Waals surface area contributed by atoms with Crippen LogP contribution in [0.4, 0.5) is 0 Å². The summed E-state index contributed by atoms with van der Waals surface area (Å²) < 4.78 is 5.60. The standard InChI is InChI=1S/C15H21N3O3S/c1-11(2)18-8-15(9-21-6-13(18)19)3-4-17(7-15)14(20)12-5-16-10-22-12/h5,10-11H,3-4,6-9H2,1-2H3. The van der Waals surface area contributed by atoms with Crippen LogP contribution in [0.2, 0.25) is 0 Å². The van der Waals surface area contributed by atoms with Crippen molar-refractivity contribution >= 4 is 23.2 Å². The molecule has 7 heteroatoms. The maximum atomic E-state index is 12.5. The minimum absolute atomic E-state index is 0.0334. The highest BCUT2D eigenvalue weighted by Gasteiger charge is 2.44. The smallest absolute Gasteiger partial charge is 0.265 e. The first-order chi connectivity index (χ1) is 10.5. The molecule has 2 aliphatic heterocycles. The summed E-state index contributed by atoms with van der Waals surface area (Å²) >= 11 is 1.36. The van der Waals surface area contributed by atoms with Crippen LogP contribution in [0.3, 0.4) is 0 Å². The van der Waals surface area contributed by atoms with E-state index in [1.807, 2.05) is 23.6 Å². The van der Waals surface area contributed by atoms with E-state index in [0.717, 1.165) is 6.42 Å². The van der Waals surface area contributed by atoms with Gasteiger partial charge in [-0.2, -0.15) is 0 Å². The van der Waals surface area contributed by atoms with E-state index in [1.165, 1.54) is 11.3 Å². The number of nitrogens with zero attached hydrogens (tertiary/aromatic N) is 3. The van der Waals surface area contributed by atoms with E-state index in [2.05, 4.69) is 4.98 Å². The summed E-state index contributed by atoms with van der Waals surface area (Å²) in [4.78, 5) is 33.0. The Kier molecular flexibility index (Phi) is 4.18. The fraction of sp³-hybridized carbons (Fsp3) is 0.667. The SMILES string of the molecule is CC(C)N1CC2(CCN(C(=O)c3cncs3)C2)COCC1=O. The molecule has 2 aliphatic rings. The normalized spacial score (nSPS) is 26.0. The van der Waals surface area contributed by atoms with E-state index in [1.54, 1.807) is 11.7 Å². The van der Waals surface area contributed by atoms with Crippen LogP contribution >= 0.6 is 11.3 Å². The lowest BCUT2D eigenvalue weighted by atomic mass is 9.87. The number of likely N-dealkylation sites (tertiary alicyclic amines) is 1. The summed E-state index contributed by atoms with van der Waals surface area (Å²) in [6, 6.07) is 0.150. The third kappa shape index (κ3) is 2.87. The van der Waals surface area contributed by atoms with Gasteiger partial charge in [-0.3, -0.25) is 14.6 Å². The van der Waals surface area contributed by atoms with Crippen LogP contribution in [0.25, 0.3) is 0 Å². The number of aromatic nitrogens is 1. The van der Waals surface area contributed by atoms with Gasteiger partial charge in [-0.25, -0.2) is 0 Å². The van der Waals surface area contributed by atoms with Gasteiger partial charge in [-0.1, -0.05) is 0 Å².